The number of benzene rings is 3. The number of rotatable bonds is 6. The summed E-state index contributed by atoms with van der Waals surface area (Å²) in [6, 6.07) is 24.3. The Morgan fingerprint density at radius 1 is 0.968 bits per heavy atom. The molecule has 1 N–H and O–H groups in total. The smallest absolute Gasteiger partial charge is 0.347 e. The largest absolute Gasteiger partial charge is 0.479 e. The summed E-state index contributed by atoms with van der Waals surface area (Å²) in [5, 5.41) is 6.51. The molecule has 0 bridgehead atoms. The van der Waals surface area contributed by atoms with Gasteiger partial charge in [0.2, 0.25) is 0 Å². The van der Waals surface area contributed by atoms with Crippen LogP contribution in [0.3, 0.4) is 0 Å². The molecule has 3 aromatic rings. The van der Waals surface area contributed by atoms with Crippen LogP contribution in [0.4, 0.5) is 0 Å². The number of fused-ring (bicyclic) bond motifs is 1. The summed E-state index contributed by atoms with van der Waals surface area (Å²) in [7, 11) is 0. The van der Waals surface area contributed by atoms with Crippen molar-refractivity contribution in [2.24, 2.45) is 0 Å². The fraction of sp³-hybridized carbons (Fsp3) is 0.370. The number of carbonyl (C=O) groups is 1. The molecule has 1 unspecified atom stereocenters. The highest BCUT2D eigenvalue weighted by Crippen LogP contribution is 2.36. The average Bonchev–Trinajstić information content (AvgIpc) is 3.43. The van der Waals surface area contributed by atoms with Gasteiger partial charge >= 0.3 is 5.97 Å². The van der Waals surface area contributed by atoms with E-state index in [4.69, 9.17) is 9.47 Å². The first kappa shape index (κ1) is 20.1. The van der Waals surface area contributed by atoms with E-state index in [1.54, 1.807) is 0 Å². The summed E-state index contributed by atoms with van der Waals surface area (Å²) in [4.78, 5) is 11.6. The van der Waals surface area contributed by atoms with Crippen molar-refractivity contribution in [3.63, 3.8) is 0 Å². The van der Waals surface area contributed by atoms with Crippen LogP contribution in [0.1, 0.15) is 55.7 Å². The van der Waals surface area contributed by atoms with Gasteiger partial charge in [-0.25, -0.2) is 4.79 Å². The van der Waals surface area contributed by atoms with E-state index in [9.17, 15) is 4.79 Å². The predicted molar refractivity (Wildman–Crippen MR) is 122 cm³/mol. The molecule has 4 heteroatoms. The molecule has 5 rings (SSSR count). The lowest BCUT2D eigenvalue weighted by molar-refractivity contribution is -0.143. The third-order valence-electron chi connectivity index (χ3n) is 6.73. The van der Waals surface area contributed by atoms with Crippen LogP contribution in [0.2, 0.25) is 0 Å². The molecule has 3 aromatic carbocycles. The highest BCUT2D eigenvalue weighted by molar-refractivity contribution is 5.86. The predicted octanol–water partition coefficient (Wildman–Crippen LogP) is 5.52. The van der Waals surface area contributed by atoms with Crippen LogP contribution >= 0.6 is 0 Å². The number of carbonyl (C=O) groups excluding carboxylic acids is 1. The van der Waals surface area contributed by atoms with Gasteiger partial charge in [-0.1, -0.05) is 54.6 Å². The molecular formula is C27H29NO3. The molecule has 1 heterocycles. The van der Waals surface area contributed by atoms with Gasteiger partial charge in [0.15, 0.2) is 6.10 Å². The number of hydrogen-bond acceptors (Lipinski definition) is 4. The lowest BCUT2D eigenvalue weighted by atomic mass is 9.96. The lowest BCUT2D eigenvalue weighted by Gasteiger charge is -2.21. The van der Waals surface area contributed by atoms with Crippen molar-refractivity contribution in [3.8, 4) is 5.75 Å². The Hall–Kier alpha value is -2.85. The van der Waals surface area contributed by atoms with Crippen molar-refractivity contribution in [3.05, 3.63) is 77.9 Å². The average molecular weight is 416 g/mol. The summed E-state index contributed by atoms with van der Waals surface area (Å²) in [6.07, 6.45) is 3.69. The summed E-state index contributed by atoms with van der Waals surface area (Å²) in [5.41, 5.74) is 2.72. The van der Waals surface area contributed by atoms with E-state index in [-0.39, 0.29) is 5.97 Å². The molecule has 4 nitrogen and oxygen atoms in total. The maximum absolute atomic E-state index is 11.6. The van der Waals surface area contributed by atoms with E-state index < -0.39 is 6.10 Å². The van der Waals surface area contributed by atoms with Gasteiger partial charge in [0.25, 0.3) is 0 Å². The minimum absolute atomic E-state index is 0.255. The molecule has 1 aliphatic carbocycles. The van der Waals surface area contributed by atoms with E-state index in [1.165, 1.54) is 34.7 Å². The maximum atomic E-state index is 11.6. The second kappa shape index (κ2) is 8.72. The molecule has 2 aliphatic rings. The van der Waals surface area contributed by atoms with Crippen LogP contribution < -0.4 is 10.1 Å². The van der Waals surface area contributed by atoms with Gasteiger partial charge in [-0.05, 0) is 66.1 Å². The number of hydrogen-bond donors (Lipinski definition) is 1. The molecular weight excluding hydrogens is 386 g/mol. The summed E-state index contributed by atoms with van der Waals surface area (Å²) in [6.45, 7) is 2.73. The van der Waals surface area contributed by atoms with Gasteiger partial charge < -0.3 is 14.8 Å². The first-order valence-electron chi connectivity index (χ1n) is 11.3. The third-order valence-corrected chi connectivity index (χ3v) is 6.73. The normalized spacial score (nSPS) is 24.3. The highest BCUT2D eigenvalue weighted by atomic mass is 16.6. The number of nitrogens with one attached hydrogen (secondary N) is 1. The second-order valence-corrected chi connectivity index (χ2v) is 8.80. The standard InChI is InChI=1S/C27H29NO3/c1-18(24-8-4-6-20-5-2-3-7-25(20)24)28-22-12-9-21(17-22)19-10-13-23(14-11-19)31-26-15-16-30-27(26)29/h2-8,10-11,13-14,18,21-22,26,28H,9,12,15-17H2,1H3/t18-,21-,22+,26?/m1/s1. The summed E-state index contributed by atoms with van der Waals surface area (Å²) >= 11 is 0. The fourth-order valence-corrected chi connectivity index (χ4v) is 5.07. The Balaban J connectivity index is 1.20. The molecule has 0 aromatic heterocycles. The van der Waals surface area contributed by atoms with Crippen LogP contribution in [0.15, 0.2) is 66.7 Å². The van der Waals surface area contributed by atoms with Crippen molar-refractivity contribution < 1.29 is 14.3 Å². The third kappa shape index (κ3) is 4.31. The molecule has 0 radical (unpaired) electrons. The molecule has 1 aliphatic heterocycles. The molecule has 2 fully saturated rings. The van der Waals surface area contributed by atoms with E-state index in [0.29, 0.717) is 31.0 Å². The Kier molecular flexibility index (Phi) is 5.65. The molecule has 1 saturated heterocycles. The van der Waals surface area contributed by atoms with Crippen molar-refractivity contribution >= 4 is 16.7 Å². The lowest BCUT2D eigenvalue weighted by Crippen LogP contribution is -2.29. The van der Waals surface area contributed by atoms with Crippen LogP contribution in [-0.2, 0) is 9.53 Å². The van der Waals surface area contributed by atoms with Gasteiger partial charge in [0.1, 0.15) is 5.75 Å². The summed E-state index contributed by atoms with van der Waals surface area (Å²) < 4.78 is 10.7. The van der Waals surface area contributed by atoms with Gasteiger partial charge in [0.05, 0.1) is 6.61 Å². The Morgan fingerprint density at radius 2 is 1.77 bits per heavy atom. The fourth-order valence-electron chi connectivity index (χ4n) is 5.07. The van der Waals surface area contributed by atoms with Gasteiger partial charge in [-0.2, -0.15) is 0 Å². The molecule has 1 saturated carbocycles. The molecule has 0 spiro atoms. The first-order valence-corrected chi connectivity index (χ1v) is 11.3. The van der Waals surface area contributed by atoms with Crippen molar-refractivity contribution in [1.29, 1.82) is 0 Å². The molecule has 31 heavy (non-hydrogen) atoms. The van der Waals surface area contributed by atoms with Crippen LogP contribution in [0.25, 0.3) is 10.8 Å². The quantitative estimate of drug-likeness (QED) is 0.539. The molecule has 0 amide bonds. The zero-order chi connectivity index (χ0) is 21.2. The van der Waals surface area contributed by atoms with Crippen LogP contribution in [0.5, 0.6) is 5.75 Å². The minimum Gasteiger partial charge on any atom is -0.479 e. The van der Waals surface area contributed by atoms with Crippen molar-refractivity contribution in [2.45, 2.75) is 56.7 Å². The molecule has 160 valence electrons. The minimum atomic E-state index is -0.457. The van der Waals surface area contributed by atoms with E-state index in [0.717, 1.165) is 12.2 Å². The topological polar surface area (TPSA) is 47.6 Å². The highest BCUT2D eigenvalue weighted by Gasteiger charge is 2.29. The van der Waals surface area contributed by atoms with Gasteiger partial charge in [0, 0.05) is 18.5 Å². The molecule has 4 atom stereocenters. The van der Waals surface area contributed by atoms with E-state index in [2.05, 4.69) is 66.8 Å². The SMILES string of the molecule is C[C@@H](N[C@H]1CC[C@@H](c2ccc(OC3CCOC3=O)cc2)C1)c1cccc2ccccc12. The van der Waals surface area contributed by atoms with Crippen molar-refractivity contribution in [1.82, 2.24) is 5.32 Å². The van der Waals surface area contributed by atoms with Crippen LogP contribution in [-0.4, -0.2) is 24.7 Å². The Morgan fingerprint density at radius 3 is 2.58 bits per heavy atom. The first-order chi connectivity index (χ1) is 15.2. The van der Waals surface area contributed by atoms with Gasteiger partial charge in [-0.15, -0.1) is 0 Å². The monoisotopic (exact) mass is 415 g/mol. The Bertz CT molecular complexity index is 1060. The van der Waals surface area contributed by atoms with E-state index in [1.807, 2.05) is 12.1 Å². The number of cyclic esters (lactones) is 1. The zero-order valence-corrected chi connectivity index (χ0v) is 17.9. The Labute approximate surface area is 183 Å². The summed E-state index contributed by atoms with van der Waals surface area (Å²) in [5.74, 6) is 1.04. The van der Waals surface area contributed by atoms with Gasteiger partial charge in [-0.3, -0.25) is 0 Å². The van der Waals surface area contributed by atoms with Crippen LogP contribution in [0, 0.1) is 0 Å². The number of esters is 1. The number of ether oxygens (including phenoxy) is 2. The zero-order valence-electron chi connectivity index (χ0n) is 17.9. The maximum Gasteiger partial charge on any atom is 0.347 e. The van der Waals surface area contributed by atoms with E-state index >= 15 is 0 Å². The second-order valence-electron chi connectivity index (χ2n) is 8.80. The van der Waals surface area contributed by atoms with Crippen molar-refractivity contribution in [2.75, 3.05) is 6.61 Å².